The van der Waals surface area contributed by atoms with Crippen molar-refractivity contribution in [3.8, 4) is 11.4 Å². The van der Waals surface area contributed by atoms with E-state index in [1.54, 1.807) is 52.1 Å². The molecule has 0 spiro atoms. The summed E-state index contributed by atoms with van der Waals surface area (Å²) in [5, 5.41) is 11.3. The Balaban J connectivity index is 1.38. The second-order valence-corrected chi connectivity index (χ2v) is 6.41. The number of para-hydroxylation sites is 1. The zero-order valence-electron chi connectivity index (χ0n) is 15.4. The quantitative estimate of drug-likeness (QED) is 0.530. The minimum absolute atomic E-state index is 0.138. The van der Waals surface area contributed by atoms with Crippen molar-refractivity contribution in [1.82, 2.24) is 19.6 Å². The van der Waals surface area contributed by atoms with Gasteiger partial charge in [0.2, 0.25) is 5.91 Å². The number of rotatable bonds is 6. The largest absolute Gasteiger partial charge is 0.364 e. The minimum Gasteiger partial charge on any atom is -0.364 e. The van der Waals surface area contributed by atoms with Crippen LogP contribution >= 0.6 is 0 Å². The molecule has 0 unspecified atom stereocenters. The van der Waals surface area contributed by atoms with Crippen molar-refractivity contribution in [2.24, 2.45) is 5.73 Å². The zero-order valence-corrected chi connectivity index (χ0v) is 15.4. The third-order valence-electron chi connectivity index (χ3n) is 4.28. The SMILES string of the molecule is NC(=O)c1ccn(-c2ccc(NC(=O)Cc3cnn(-c4ccccc4)c3)cc2)n1. The number of nitrogens with zero attached hydrogens (tertiary/aromatic N) is 4. The van der Waals surface area contributed by atoms with Crippen LogP contribution in [-0.4, -0.2) is 31.4 Å². The van der Waals surface area contributed by atoms with Crippen LogP contribution in [0.4, 0.5) is 5.69 Å². The number of primary amides is 1. The van der Waals surface area contributed by atoms with Crippen LogP contribution in [0.5, 0.6) is 0 Å². The number of amides is 2. The van der Waals surface area contributed by atoms with Crippen molar-refractivity contribution >= 4 is 17.5 Å². The fourth-order valence-electron chi connectivity index (χ4n) is 2.86. The summed E-state index contributed by atoms with van der Waals surface area (Å²) < 4.78 is 3.28. The Morgan fingerprint density at radius 2 is 1.66 bits per heavy atom. The van der Waals surface area contributed by atoms with E-state index in [9.17, 15) is 9.59 Å². The molecule has 0 radical (unpaired) electrons. The first-order chi connectivity index (χ1) is 14.1. The first-order valence-electron chi connectivity index (χ1n) is 8.93. The van der Waals surface area contributed by atoms with E-state index in [2.05, 4.69) is 15.5 Å². The van der Waals surface area contributed by atoms with Gasteiger partial charge in [0.25, 0.3) is 5.91 Å². The maximum absolute atomic E-state index is 12.3. The number of aromatic nitrogens is 4. The molecule has 2 amide bonds. The molecule has 2 aromatic carbocycles. The van der Waals surface area contributed by atoms with E-state index in [1.807, 2.05) is 36.5 Å². The van der Waals surface area contributed by atoms with Crippen LogP contribution in [-0.2, 0) is 11.2 Å². The van der Waals surface area contributed by atoms with Crippen LogP contribution in [0.1, 0.15) is 16.1 Å². The Hall–Kier alpha value is -4.20. The molecule has 29 heavy (non-hydrogen) atoms. The summed E-state index contributed by atoms with van der Waals surface area (Å²) in [6, 6.07) is 18.4. The highest BCUT2D eigenvalue weighted by Gasteiger charge is 2.09. The lowest BCUT2D eigenvalue weighted by Gasteiger charge is -2.06. The van der Waals surface area contributed by atoms with Crippen molar-refractivity contribution in [1.29, 1.82) is 0 Å². The molecule has 0 aliphatic carbocycles. The van der Waals surface area contributed by atoms with Crippen LogP contribution in [0.2, 0.25) is 0 Å². The molecule has 8 heteroatoms. The van der Waals surface area contributed by atoms with Crippen molar-refractivity contribution in [3.63, 3.8) is 0 Å². The lowest BCUT2D eigenvalue weighted by Crippen LogP contribution is -2.14. The van der Waals surface area contributed by atoms with Gasteiger partial charge in [0.15, 0.2) is 0 Å². The summed E-state index contributed by atoms with van der Waals surface area (Å²) in [4.78, 5) is 23.5. The van der Waals surface area contributed by atoms with Crippen molar-refractivity contribution < 1.29 is 9.59 Å². The lowest BCUT2D eigenvalue weighted by atomic mass is 10.2. The van der Waals surface area contributed by atoms with E-state index in [1.165, 1.54) is 0 Å². The summed E-state index contributed by atoms with van der Waals surface area (Å²) in [5.41, 5.74) is 8.58. The molecule has 4 aromatic rings. The first-order valence-corrected chi connectivity index (χ1v) is 8.93. The number of carbonyl (C=O) groups is 2. The number of nitrogens with two attached hydrogens (primary N) is 1. The van der Waals surface area contributed by atoms with Gasteiger partial charge < -0.3 is 11.1 Å². The molecular formula is C21H18N6O2. The van der Waals surface area contributed by atoms with Gasteiger partial charge in [-0.2, -0.15) is 10.2 Å². The van der Waals surface area contributed by atoms with Crippen LogP contribution in [0, 0.1) is 0 Å². The molecule has 0 atom stereocenters. The average Bonchev–Trinajstić information content (AvgIpc) is 3.39. The molecule has 0 aliphatic rings. The summed E-state index contributed by atoms with van der Waals surface area (Å²) in [5.74, 6) is -0.719. The fraction of sp³-hybridized carbons (Fsp3) is 0.0476. The van der Waals surface area contributed by atoms with Gasteiger partial charge in [0, 0.05) is 18.1 Å². The second kappa shape index (κ2) is 7.81. The summed E-state index contributed by atoms with van der Waals surface area (Å²) >= 11 is 0. The normalized spacial score (nSPS) is 10.6. The zero-order chi connectivity index (χ0) is 20.2. The van der Waals surface area contributed by atoms with Gasteiger partial charge in [-0.15, -0.1) is 0 Å². The topological polar surface area (TPSA) is 108 Å². The van der Waals surface area contributed by atoms with Gasteiger partial charge in [0.05, 0.1) is 24.0 Å². The standard InChI is InChI=1S/C21H18N6O2/c22-21(29)19-10-11-26(25-19)18-8-6-16(7-9-18)24-20(28)12-15-13-23-27(14-15)17-4-2-1-3-5-17/h1-11,13-14H,12H2,(H2,22,29)(H,24,28). The molecule has 0 fully saturated rings. The Labute approximate surface area is 166 Å². The number of hydrogen-bond acceptors (Lipinski definition) is 4. The highest BCUT2D eigenvalue weighted by atomic mass is 16.2. The first kappa shape index (κ1) is 18.2. The summed E-state index contributed by atoms with van der Waals surface area (Å²) in [6.07, 6.45) is 5.39. The van der Waals surface area contributed by atoms with Crippen molar-refractivity contribution in [3.05, 3.63) is 90.5 Å². The number of anilines is 1. The van der Waals surface area contributed by atoms with Gasteiger partial charge in [-0.1, -0.05) is 18.2 Å². The molecule has 2 heterocycles. The average molecular weight is 386 g/mol. The monoisotopic (exact) mass is 386 g/mol. The maximum atomic E-state index is 12.3. The number of carbonyl (C=O) groups excluding carboxylic acids is 2. The highest BCUT2D eigenvalue weighted by molar-refractivity contribution is 5.92. The molecular weight excluding hydrogens is 368 g/mol. The van der Waals surface area contributed by atoms with Crippen molar-refractivity contribution in [2.45, 2.75) is 6.42 Å². The third kappa shape index (κ3) is 4.22. The molecule has 2 aromatic heterocycles. The van der Waals surface area contributed by atoms with Gasteiger partial charge in [-0.3, -0.25) is 9.59 Å². The molecule has 0 bridgehead atoms. The van der Waals surface area contributed by atoms with E-state index in [-0.39, 0.29) is 18.0 Å². The maximum Gasteiger partial charge on any atom is 0.269 e. The number of hydrogen-bond donors (Lipinski definition) is 2. The molecule has 144 valence electrons. The Kier molecular flexibility index (Phi) is 4.90. The predicted molar refractivity (Wildman–Crippen MR) is 108 cm³/mol. The minimum atomic E-state index is -0.580. The van der Waals surface area contributed by atoms with E-state index in [0.29, 0.717) is 5.69 Å². The number of benzene rings is 2. The van der Waals surface area contributed by atoms with Gasteiger partial charge in [-0.25, -0.2) is 9.36 Å². The molecule has 8 nitrogen and oxygen atoms in total. The van der Waals surface area contributed by atoms with E-state index >= 15 is 0 Å². The van der Waals surface area contributed by atoms with Gasteiger partial charge in [-0.05, 0) is 48.0 Å². The predicted octanol–water partition coefficient (Wildman–Crippen LogP) is 2.34. The Morgan fingerprint density at radius 3 is 2.34 bits per heavy atom. The lowest BCUT2D eigenvalue weighted by molar-refractivity contribution is -0.115. The second-order valence-electron chi connectivity index (χ2n) is 6.41. The molecule has 3 N–H and O–H groups in total. The Bertz CT molecular complexity index is 1150. The summed E-state index contributed by atoms with van der Waals surface area (Å²) in [7, 11) is 0. The van der Waals surface area contributed by atoms with Crippen molar-refractivity contribution in [2.75, 3.05) is 5.32 Å². The van der Waals surface area contributed by atoms with E-state index in [0.717, 1.165) is 16.9 Å². The van der Waals surface area contributed by atoms with Crippen LogP contribution in [0.25, 0.3) is 11.4 Å². The van der Waals surface area contributed by atoms with Crippen LogP contribution < -0.4 is 11.1 Å². The van der Waals surface area contributed by atoms with E-state index in [4.69, 9.17) is 5.73 Å². The van der Waals surface area contributed by atoms with E-state index < -0.39 is 5.91 Å². The molecule has 4 rings (SSSR count). The third-order valence-corrected chi connectivity index (χ3v) is 4.28. The number of nitrogens with one attached hydrogen (secondary N) is 1. The molecule has 0 aliphatic heterocycles. The highest BCUT2D eigenvalue weighted by Crippen LogP contribution is 2.14. The summed E-state index contributed by atoms with van der Waals surface area (Å²) in [6.45, 7) is 0. The molecule has 0 saturated heterocycles. The van der Waals surface area contributed by atoms with Crippen LogP contribution in [0.15, 0.2) is 79.3 Å². The smallest absolute Gasteiger partial charge is 0.269 e. The van der Waals surface area contributed by atoms with Gasteiger partial charge in [0.1, 0.15) is 5.69 Å². The van der Waals surface area contributed by atoms with Gasteiger partial charge >= 0.3 is 0 Å². The molecule has 0 saturated carbocycles. The van der Waals surface area contributed by atoms with Crippen LogP contribution in [0.3, 0.4) is 0 Å². The Morgan fingerprint density at radius 1 is 0.931 bits per heavy atom. The fourth-order valence-corrected chi connectivity index (χ4v) is 2.86.